The van der Waals surface area contributed by atoms with Crippen LogP contribution >= 0.6 is 23.4 Å². The smallest absolute Gasteiger partial charge is 0.255 e. The highest BCUT2D eigenvalue weighted by atomic mass is 35.5. The fourth-order valence-electron chi connectivity index (χ4n) is 3.64. The number of anilines is 2. The molecule has 0 fully saturated rings. The zero-order valence-corrected chi connectivity index (χ0v) is 19.6. The molecule has 1 atom stereocenters. The molecule has 32 heavy (non-hydrogen) atoms. The molecule has 2 aromatic carbocycles. The SMILES string of the molecule is CCOc1ccccc1NC(=O)C1=C(C)Nc2nc(SCC)nn2C1c1ccccc1Cl. The summed E-state index contributed by atoms with van der Waals surface area (Å²) in [5, 5.41) is 12.1. The van der Waals surface area contributed by atoms with Crippen LogP contribution in [0.15, 0.2) is 65.0 Å². The first-order valence-corrected chi connectivity index (χ1v) is 11.7. The lowest BCUT2D eigenvalue weighted by Gasteiger charge is -2.29. The average molecular weight is 470 g/mol. The fourth-order valence-corrected chi connectivity index (χ4v) is 4.44. The lowest BCUT2D eigenvalue weighted by molar-refractivity contribution is -0.113. The van der Waals surface area contributed by atoms with Crippen LogP contribution in [0.5, 0.6) is 5.75 Å². The Hall–Kier alpha value is -2.97. The number of fused-ring (bicyclic) bond motifs is 1. The summed E-state index contributed by atoms with van der Waals surface area (Å²) in [6.45, 7) is 6.31. The number of halogens is 1. The molecule has 0 saturated heterocycles. The Kier molecular flexibility index (Phi) is 6.72. The molecule has 1 aliphatic rings. The Balaban J connectivity index is 1.78. The molecule has 1 amide bonds. The summed E-state index contributed by atoms with van der Waals surface area (Å²) < 4.78 is 7.40. The monoisotopic (exact) mass is 469 g/mol. The van der Waals surface area contributed by atoms with Crippen molar-refractivity contribution in [3.05, 3.63) is 70.4 Å². The van der Waals surface area contributed by atoms with E-state index in [-0.39, 0.29) is 5.91 Å². The van der Waals surface area contributed by atoms with Crippen LogP contribution in [0.3, 0.4) is 0 Å². The number of rotatable bonds is 7. The van der Waals surface area contributed by atoms with Crippen LogP contribution < -0.4 is 15.4 Å². The van der Waals surface area contributed by atoms with Crippen LogP contribution in [0, 0.1) is 0 Å². The summed E-state index contributed by atoms with van der Waals surface area (Å²) in [7, 11) is 0. The highest BCUT2D eigenvalue weighted by molar-refractivity contribution is 7.99. The van der Waals surface area contributed by atoms with Gasteiger partial charge in [-0.2, -0.15) is 4.98 Å². The van der Waals surface area contributed by atoms with Gasteiger partial charge in [-0.05, 0) is 37.8 Å². The Labute approximate surface area is 196 Å². The topological polar surface area (TPSA) is 81.1 Å². The van der Waals surface area contributed by atoms with Crippen LogP contribution in [-0.2, 0) is 4.79 Å². The largest absolute Gasteiger partial charge is 0.492 e. The second-order valence-electron chi connectivity index (χ2n) is 7.07. The molecule has 7 nitrogen and oxygen atoms in total. The number of carbonyl (C=O) groups is 1. The van der Waals surface area contributed by atoms with E-state index in [1.807, 2.05) is 69.3 Å². The van der Waals surface area contributed by atoms with E-state index in [9.17, 15) is 4.79 Å². The zero-order valence-electron chi connectivity index (χ0n) is 18.1. The van der Waals surface area contributed by atoms with Crippen molar-refractivity contribution in [2.75, 3.05) is 23.0 Å². The fraction of sp³-hybridized carbons (Fsp3) is 0.261. The van der Waals surface area contributed by atoms with E-state index in [0.29, 0.717) is 45.4 Å². The number of allylic oxidation sites excluding steroid dienone is 1. The lowest BCUT2D eigenvalue weighted by Crippen LogP contribution is -2.31. The molecular weight excluding hydrogens is 446 g/mol. The highest BCUT2D eigenvalue weighted by Gasteiger charge is 2.35. The number of nitrogens with one attached hydrogen (secondary N) is 2. The number of hydrogen-bond acceptors (Lipinski definition) is 6. The number of thioether (sulfide) groups is 1. The van der Waals surface area contributed by atoms with Gasteiger partial charge in [0.05, 0.1) is 17.9 Å². The van der Waals surface area contributed by atoms with Crippen LogP contribution in [0.2, 0.25) is 5.02 Å². The molecule has 2 heterocycles. The van der Waals surface area contributed by atoms with Gasteiger partial charge in [0, 0.05) is 16.3 Å². The van der Waals surface area contributed by atoms with Gasteiger partial charge in [-0.15, -0.1) is 5.10 Å². The molecule has 1 unspecified atom stereocenters. The predicted octanol–water partition coefficient (Wildman–Crippen LogP) is 5.37. The van der Waals surface area contributed by atoms with Gasteiger partial charge in [-0.1, -0.05) is 60.6 Å². The van der Waals surface area contributed by atoms with Crippen molar-refractivity contribution in [1.29, 1.82) is 0 Å². The number of amides is 1. The van der Waals surface area contributed by atoms with E-state index in [1.54, 1.807) is 4.68 Å². The first-order valence-electron chi connectivity index (χ1n) is 10.4. The first kappa shape index (κ1) is 22.2. The third kappa shape index (κ3) is 4.33. The van der Waals surface area contributed by atoms with E-state index >= 15 is 0 Å². The minimum Gasteiger partial charge on any atom is -0.492 e. The van der Waals surface area contributed by atoms with Gasteiger partial charge in [-0.3, -0.25) is 4.79 Å². The average Bonchev–Trinajstić information content (AvgIpc) is 3.17. The molecule has 2 N–H and O–H groups in total. The maximum absolute atomic E-state index is 13.6. The number of aromatic nitrogens is 3. The number of nitrogens with zero attached hydrogens (tertiary/aromatic N) is 3. The summed E-state index contributed by atoms with van der Waals surface area (Å²) in [4.78, 5) is 18.2. The predicted molar refractivity (Wildman–Crippen MR) is 129 cm³/mol. The van der Waals surface area contributed by atoms with Gasteiger partial charge in [0.15, 0.2) is 0 Å². The summed E-state index contributed by atoms with van der Waals surface area (Å²) in [6.07, 6.45) is 0. The van der Waals surface area contributed by atoms with Crippen molar-refractivity contribution in [2.24, 2.45) is 0 Å². The third-order valence-electron chi connectivity index (χ3n) is 4.99. The van der Waals surface area contributed by atoms with E-state index in [0.717, 1.165) is 11.3 Å². The lowest BCUT2D eigenvalue weighted by atomic mass is 9.95. The molecule has 166 valence electrons. The molecule has 3 aromatic rings. The third-order valence-corrected chi connectivity index (χ3v) is 6.05. The standard InChI is InChI=1S/C23H24ClN5O2S/c1-4-31-18-13-9-8-12-17(18)26-21(30)19-14(3)25-22-27-23(32-5-2)28-29(22)20(19)15-10-6-7-11-16(15)24/h6-13,20H,4-5H2,1-3H3,(H,26,30)(H,25,27,28). The minimum absolute atomic E-state index is 0.266. The van der Waals surface area contributed by atoms with Gasteiger partial charge in [-0.25, -0.2) is 4.68 Å². The van der Waals surface area contributed by atoms with Gasteiger partial charge < -0.3 is 15.4 Å². The van der Waals surface area contributed by atoms with Crippen molar-refractivity contribution in [2.45, 2.75) is 32.0 Å². The molecule has 0 bridgehead atoms. The van der Waals surface area contributed by atoms with E-state index < -0.39 is 6.04 Å². The van der Waals surface area contributed by atoms with Crippen LogP contribution in [-0.4, -0.2) is 33.0 Å². The summed E-state index contributed by atoms with van der Waals surface area (Å²) >= 11 is 8.11. The maximum Gasteiger partial charge on any atom is 0.255 e. The Morgan fingerprint density at radius 1 is 1.22 bits per heavy atom. The minimum atomic E-state index is -0.530. The van der Waals surface area contributed by atoms with E-state index in [1.165, 1.54) is 11.8 Å². The number of carbonyl (C=O) groups excluding carboxylic acids is 1. The van der Waals surface area contributed by atoms with Gasteiger partial charge in [0.25, 0.3) is 5.91 Å². The molecular formula is C23H24ClN5O2S. The van der Waals surface area contributed by atoms with Crippen molar-refractivity contribution < 1.29 is 9.53 Å². The number of benzene rings is 2. The molecule has 1 aliphatic heterocycles. The van der Waals surface area contributed by atoms with Crippen LogP contribution in [0.25, 0.3) is 0 Å². The van der Waals surface area contributed by atoms with Gasteiger partial charge in [0.2, 0.25) is 11.1 Å². The van der Waals surface area contributed by atoms with Crippen molar-refractivity contribution >= 4 is 40.9 Å². The zero-order chi connectivity index (χ0) is 22.7. The van der Waals surface area contributed by atoms with Crippen molar-refractivity contribution in [3.8, 4) is 5.75 Å². The summed E-state index contributed by atoms with van der Waals surface area (Å²) in [6, 6.07) is 14.3. The Morgan fingerprint density at radius 2 is 1.97 bits per heavy atom. The number of hydrogen-bond donors (Lipinski definition) is 2. The maximum atomic E-state index is 13.6. The quantitative estimate of drug-likeness (QED) is 0.453. The van der Waals surface area contributed by atoms with E-state index in [4.69, 9.17) is 16.3 Å². The first-order chi connectivity index (χ1) is 15.5. The summed E-state index contributed by atoms with van der Waals surface area (Å²) in [5.74, 6) is 1.77. The van der Waals surface area contributed by atoms with Crippen molar-refractivity contribution in [1.82, 2.24) is 14.8 Å². The normalized spacial score (nSPS) is 15.2. The number of ether oxygens (including phenoxy) is 1. The van der Waals surface area contributed by atoms with Crippen molar-refractivity contribution in [3.63, 3.8) is 0 Å². The molecule has 1 aromatic heterocycles. The second-order valence-corrected chi connectivity index (χ2v) is 8.70. The Morgan fingerprint density at radius 3 is 2.72 bits per heavy atom. The van der Waals surface area contributed by atoms with E-state index in [2.05, 4.69) is 20.7 Å². The van der Waals surface area contributed by atoms with Gasteiger partial charge >= 0.3 is 0 Å². The second kappa shape index (κ2) is 9.67. The molecule has 9 heteroatoms. The van der Waals surface area contributed by atoms with Crippen LogP contribution in [0.1, 0.15) is 32.4 Å². The number of para-hydroxylation sites is 2. The van der Waals surface area contributed by atoms with Gasteiger partial charge in [0.1, 0.15) is 11.8 Å². The Bertz CT molecular complexity index is 1180. The molecule has 0 aliphatic carbocycles. The molecule has 0 radical (unpaired) electrons. The summed E-state index contributed by atoms with van der Waals surface area (Å²) in [5.41, 5.74) is 2.57. The molecule has 4 rings (SSSR count). The van der Waals surface area contributed by atoms with Crippen LogP contribution in [0.4, 0.5) is 11.6 Å². The molecule has 0 spiro atoms. The highest BCUT2D eigenvalue weighted by Crippen LogP contribution is 2.39. The molecule has 0 saturated carbocycles.